The molecule has 18 heavy (non-hydrogen) atoms. The smallest absolute Gasteiger partial charge is 0.410 e. The Balaban J connectivity index is 2.43. The number of likely N-dealkylation sites (tertiary alicyclic amines) is 1. The summed E-state index contributed by atoms with van der Waals surface area (Å²) >= 11 is 0. The van der Waals surface area contributed by atoms with Crippen LogP contribution in [0.15, 0.2) is 12.7 Å². The number of Topliss-reactive ketones (excluding diaryl/α,β-unsaturated/α-hetero) is 1. The Morgan fingerprint density at radius 3 is 2.67 bits per heavy atom. The lowest BCUT2D eigenvalue weighted by atomic mass is 10.00. The number of ether oxygens (including phenoxy) is 1. The topological polar surface area (TPSA) is 46.6 Å². The Morgan fingerprint density at radius 2 is 2.11 bits per heavy atom. The monoisotopic (exact) mass is 253 g/mol. The Morgan fingerprint density at radius 1 is 1.44 bits per heavy atom. The molecule has 1 aliphatic rings. The normalized spacial score (nSPS) is 19.7. The highest BCUT2D eigenvalue weighted by molar-refractivity contribution is 5.82. The molecule has 1 unspecified atom stereocenters. The fourth-order valence-electron chi connectivity index (χ4n) is 1.96. The quantitative estimate of drug-likeness (QED) is 0.724. The lowest BCUT2D eigenvalue weighted by Crippen LogP contribution is -2.35. The SMILES string of the molecule is C=CCCC(=O)C1CCN(C(=O)OC(C)(C)C)C1. The average molecular weight is 253 g/mol. The Hall–Kier alpha value is -1.32. The van der Waals surface area contributed by atoms with Gasteiger partial charge in [0.25, 0.3) is 0 Å². The molecule has 0 spiro atoms. The molecule has 0 aromatic rings. The number of amides is 1. The summed E-state index contributed by atoms with van der Waals surface area (Å²) < 4.78 is 5.29. The highest BCUT2D eigenvalue weighted by Gasteiger charge is 2.32. The van der Waals surface area contributed by atoms with E-state index in [1.165, 1.54) is 0 Å². The molecule has 0 saturated carbocycles. The van der Waals surface area contributed by atoms with Crippen molar-refractivity contribution in [3.8, 4) is 0 Å². The summed E-state index contributed by atoms with van der Waals surface area (Å²) in [4.78, 5) is 25.3. The van der Waals surface area contributed by atoms with E-state index in [-0.39, 0.29) is 17.8 Å². The number of nitrogens with zero attached hydrogens (tertiary/aromatic N) is 1. The standard InChI is InChI=1S/C14H23NO3/c1-5-6-7-12(16)11-8-9-15(10-11)13(17)18-14(2,3)4/h5,11H,1,6-10H2,2-4H3. The fraction of sp³-hybridized carbons (Fsp3) is 0.714. The van der Waals surface area contributed by atoms with Crippen LogP contribution in [0.2, 0.25) is 0 Å². The van der Waals surface area contributed by atoms with Crippen LogP contribution in [0.1, 0.15) is 40.0 Å². The molecule has 0 bridgehead atoms. The van der Waals surface area contributed by atoms with Crippen LogP contribution < -0.4 is 0 Å². The van der Waals surface area contributed by atoms with Crippen molar-refractivity contribution in [1.29, 1.82) is 0 Å². The zero-order valence-electron chi connectivity index (χ0n) is 11.6. The van der Waals surface area contributed by atoms with Gasteiger partial charge in [0, 0.05) is 25.4 Å². The van der Waals surface area contributed by atoms with Gasteiger partial charge in [0.2, 0.25) is 0 Å². The van der Waals surface area contributed by atoms with E-state index in [2.05, 4.69) is 6.58 Å². The van der Waals surface area contributed by atoms with Gasteiger partial charge in [-0.15, -0.1) is 6.58 Å². The number of carbonyl (C=O) groups is 2. The van der Waals surface area contributed by atoms with Gasteiger partial charge in [0.05, 0.1) is 0 Å². The molecule has 1 saturated heterocycles. The predicted octanol–water partition coefficient (Wildman–Crippen LogP) is 2.78. The van der Waals surface area contributed by atoms with Crippen molar-refractivity contribution < 1.29 is 14.3 Å². The minimum absolute atomic E-state index is 0.0301. The zero-order chi connectivity index (χ0) is 13.8. The van der Waals surface area contributed by atoms with E-state index in [1.54, 1.807) is 11.0 Å². The number of hydrogen-bond donors (Lipinski definition) is 0. The van der Waals surface area contributed by atoms with Crippen molar-refractivity contribution >= 4 is 11.9 Å². The second kappa shape index (κ2) is 6.03. The van der Waals surface area contributed by atoms with Crippen LogP contribution in [0, 0.1) is 5.92 Å². The maximum Gasteiger partial charge on any atom is 0.410 e. The van der Waals surface area contributed by atoms with Crippen molar-refractivity contribution in [3.63, 3.8) is 0 Å². The lowest BCUT2D eigenvalue weighted by Gasteiger charge is -2.24. The van der Waals surface area contributed by atoms with Gasteiger partial charge in [-0.25, -0.2) is 4.79 Å². The molecular weight excluding hydrogens is 230 g/mol. The van der Waals surface area contributed by atoms with Crippen molar-refractivity contribution in [2.24, 2.45) is 5.92 Å². The largest absolute Gasteiger partial charge is 0.444 e. The molecule has 0 aliphatic carbocycles. The van der Waals surface area contributed by atoms with Crippen LogP contribution in [-0.4, -0.2) is 35.5 Å². The number of ketones is 1. The number of hydrogen-bond acceptors (Lipinski definition) is 3. The molecular formula is C14H23NO3. The molecule has 0 N–H and O–H groups in total. The van der Waals surface area contributed by atoms with E-state index in [0.29, 0.717) is 25.9 Å². The van der Waals surface area contributed by atoms with E-state index in [9.17, 15) is 9.59 Å². The Bertz CT molecular complexity index is 330. The average Bonchev–Trinajstić information content (AvgIpc) is 2.72. The molecule has 4 heteroatoms. The van der Waals surface area contributed by atoms with Crippen LogP contribution in [0.25, 0.3) is 0 Å². The van der Waals surface area contributed by atoms with E-state index < -0.39 is 5.60 Å². The van der Waals surface area contributed by atoms with Crippen LogP contribution in [-0.2, 0) is 9.53 Å². The molecule has 1 heterocycles. The van der Waals surface area contributed by atoms with Crippen molar-refractivity contribution in [2.75, 3.05) is 13.1 Å². The number of rotatable bonds is 4. The highest BCUT2D eigenvalue weighted by Crippen LogP contribution is 2.21. The zero-order valence-corrected chi connectivity index (χ0v) is 11.6. The van der Waals surface area contributed by atoms with Gasteiger partial charge in [-0.1, -0.05) is 6.08 Å². The number of allylic oxidation sites excluding steroid dienone is 1. The summed E-state index contributed by atoms with van der Waals surface area (Å²) in [6, 6.07) is 0. The van der Waals surface area contributed by atoms with Crippen LogP contribution in [0.5, 0.6) is 0 Å². The summed E-state index contributed by atoms with van der Waals surface area (Å²) in [6.07, 6.45) is 3.41. The molecule has 102 valence electrons. The van der Waals surface area contributed by atoms with Gasteiger partial charge in [0.1, 0.15) is 11.4 Å². The van der Waals surface area contributed by atoms with E-state index in [4.69, 9.17) is 4.74 Å². The van der Waals surface area contributed by atoms with Crippen LogP contribution in [0.4, 0.5) is 4.79 Å². The van der Waals surface area contributed by atoms with E-state index >= 15 is 0 Å². The highest BCUT2D eigenvalue weighted by atomic mass is 16.6. The predicted molar refractivity (Wildman–Crippen MR) is 70.4 cm³/mol. The first-order chi connectivity index (χ1) is 8.33. The Labute approximate surface area is 109 Å². The first-order valence-corrected chi connectivity index (χ1v) is 6.45. The first-order valence-electron chi connectivity index (χ1n) is 6.45. The third-order valence-corrected chi connectivity index (χ3v) is 2.89. The lowest BCUT2D eigenvalue weighted by molar-refractivity contribution is -0.122. The molecule has 1 rings (SSSR count). The van der Waals surface area contributed by atoms with Gasteiger partial charge < -0.3 is 9.64 Å². The summed E-state index contributed by atoms with van der Waals surface area (Å²) in [5, 5.41) is 0. The van der Waals surface area contributed by atoms with Gasteiger partial charge in [-0.05, 0) is 33.6 Å². The Kier molecular flexibility index (Phi) is 4.93. The molecule has 0 aromatic carbocycles. The van der Waals surface area contributed by atoms with Gasteiger partial charge in [0.15, 0.2) is 0 Å². The van der Waals surface area contributed by atoms with Crippen LogP contribution >= 0.6 is 0 Å². The minimum Gasteiger partial charge on any atom is -0.444 e. The van der Waals surface area contributed by atoms with Gasteiger partial charge >= 0.3 is 6.09 Å². The first kappa shape index (κ1) is 14.7. The summed E-state index contributed by atoms with van der Waals surface area (Å²) in [5.41, 5.74) is -0.484. The molecule has 0 aromatic heterocycles. The van der Waals surface area contributed by atoms with Gasteiger partial charge in [-0.3, -0.25) is 4.79 Å². The fourth-order valence-corrected chi connectivity index (χ4v) is 1.96. The molecule has 1 fully saturated rings. The maximum absolute atomic E-state index is 11.8. The summed E-state index contributed by atoms with van der Waals surface area (Å²) in [7, 11) is 0. The second-order valence-electron chi connectivity index (χ2n) is 5.71. The molecule has 0 radical (unpaired) electrons. The molecule has 1 amide bonds. The van der Waals surface area contributed by atoms with Crippen molar-refractivity contribution in [3.05, 3.63) is 12.7 Å². The van der Waals surface area contributed by atoms with Crippen LogP contribution in [0.3, 0.4) is 0 Å². The van der Waals surface area contributed by atoms with E-state index in [0.717, 1.165) is 6.42 Å². The summed E-state index contributed by atoms with van der Waals surface area (Å²) in [5.74, 6) is 0.193. The van der Waals surface area contributed by atoms with Crippen molar-refractivity contribution in [1.82, 2.24) is 4.90 Å². The van der Waals surface area contributed by atoms with Gasteiger partial charge in [-0.2, -0.15) is 0 Å². The van der Waals surface area contributed by atoms with Crippen molar-refractivity contribution in [2.45, 2.75) is 45.6 Å². The molecule has 4 nitrogen and oxygen atoms in total. The third kappa shape index (κ3) is 4.51. The number of carbonyl (C=O) groups excluding carboxylic acids is 2. The maximum atomic E-state index is 11.8. The molecule has 1 aliphatic heterocycles. The second-order valence-corrected chi connectivity index (χ2v) is 5.71. The summed E-state index contributed by atoms with van der Waals surface area (Å²) in [6.45, 7) is 10.2. The molecule has 1 atom stereocenters. The third-order valence-electron chi connectivity index (χ3n) is 2.89. The minimum atomic E-state index is -0.484. The van der Waals surface area contributed by atoms with E-state index in [1.807, 2.05) is 20.8 Å².